The SMILES string of the molecule is OC(CC1CCOc2ccccc21)C1CCCS1. The number of thioether (sulfide) groups is 1. The van der Waals surface area contributed by atoms with Crippen LogP contribution in [0.1, 0.15) is 37.2 Å². The molecule has 1 N–H and O–H groups in total. The second-order valence-electron chi connectivity index (χ2n) is 5.23. The van der Waals surface area contributed by atoms with Crippen LogP contribution >= 0.6 is 11.8 Å². The van der Waals surface area contributed by atoms with E-state index in [-0.39, 0.29) is 6.10 Å². The largest absolute Gasteiger partial charge is 0.493 e. The monoisotopic (exact) mass is 264 g/mol. The van der Waals surface area contributed by atoms with Crippen LogP contribution in [-0.4, -0.2) is 28.8 Å². The van der Waals surface area contributed by atoms with Crippen LogP contribution < -0.4 is 4.74 Å². The van der Waals surface area contributed by atoms with Crippen LogP contribution in [0.25, 0.3) is 0 Å². The molecule has 18 heavy (non-hydrogen) atoms. The molecule has 3 rings (SSSR count). The molecule has 0 radical (unpaired) electrons. The molecule has 0 saturated carbocycles. The molecule has 3 heteroatoms. The summed E-state index contributed by atoms with van der Waals surface area (Å²) in [6, 6.07) is 8.27. The summed E-state index contributed by atoms with van der Waals surface area (Å²) in [5.41, 5.74) is 1.28. The number of rotatable bonds is 3. The van der Waals surface area contributed by atoms with Gasteiger partial charge in [0.1, 0.15) is 5.75 Å². The zero-order valence-electron chi connectivity index (χ0n) is 10.5. The summed E-state index contributed by atoms with van der Waals surface area (Å²) in [6.07, 6.45) is 4.20. The first kappa shape index (κ1) is 12.4. The Kier molecular flexibility index (Phi) is 3.80. The van der Waals surface area contributed by atoms with E-state index < -0.39 is 0 Å². The molecule has 98 valence electrons. The van der Waals surface area contributed by atoms with E-state index in [1.807, 2.05) is 23.9 Å². The van der Waals surface area contributed by atoms with E-state index >= 15 is 0 Å². The number of ether oxygens (including phenoxy) is 1. The van der Waals surface area contributed by atoms with E-state index in [1.165, 1.54) is 24.2 Å². The number of hydrogen-bond donors (Lipinski definition) is 1. The van der Waals surface area contributed by atoms with Crippen molar-refractivity contribution >= 4 is 11.8 Å². The maximum atomic E-state index is 10.4. The fraction of sp³-hybridized carbons (Fsp3) is 0.600. The molecule has 0 amide bonds. The van der Waals surface area contributed by atoms with Gasteiger partial charge in [0.15, 0.2) is 0 Å². The molecule has 2 nitrogen and oxygen atoms in total. The van der Waals surface area contributed by atoms with Crippen LogP contribution in [0, 0.1) is 0 Å². The van der Waals surface area contributed by atoms with Gasteiger partial charge in [0, 0.05) is 5.25 Å². The minimum Gasteiger partial charge on any atom is -0.493 e. The van der Waals surface area contributed by atoms with Crippen molar-refractivity contribution in [2.75, 3.05) is 12.4 Å². The minimum atomic E-state index is -0.159. The van der Waals surface area contributed by atoms with Crippen molar-refractivity contribution in [2.24, 2.45) is 0 Å². The van der Waals surface area contributed by atoms with Crippen LogP contribution in [0.3, 0.4) is 0 Å². The quantitative estimate of drug-likeness (QED) is 0.909. The standard InChI is InChI=1S/C15H20O2S/c16-13(15-6-3-9-18-15)10-11-7-8-17-14-5-2-1-4-12(11)14/h1-2,4-5,11,13,15-16H,3,6-10H2. The second kappa shape index (κ2) is 5.54. The smallest absolute Gasteiger partial charge is 0.122 e. The van der Waals surface area contributed by atoms with Crippen molar-refractivity contribution in [2.45, 2.75) is 43.0 Å². The Morgan fingerprint density at radius 1 is 1.33 bits per heavy atom. The molecular formula is C15H20O2S. The Hall–Kier alpha value is -0.670. The predicted molar refractivity (Wildman–Crippen MR) is 75.4 cm³/mol. The summed E-state index contributed by atoms with van der Waals surface area (Å²) in [5.74, 6) is 2.69. The topological polar surface area (TPSA) is 29.5 Å². The van der Waals surface area contributed by atoms with Crippen molar-refractivity contribution in [3.8, 4) is 5.75 Å². The van der Waals surface area contributed by atoms with Crippen molar-refractivity contribution in [1.82, 2.24) is 0 Å². The molecule has 1 aromatic rings. The fourth-order valence-corrected chi connectivity index (χ4v) is 4.31. The molecule has 1 aromatic carbocycles. The molecule has 0 bridgehead atoms. The molecule has 0 aromatic heterocycles. The Balaban J connectivity index is 1.70. The third-order valence-corrected chi connectivity index (χ3v) is 5.51. The highest BCUT2D eigenvalue weighted by atomic mass is 32.2. The van der Waals surface area contributed by atoms with Gasteiger partial charge in [0.25, 0.3) is 0 Å². The fourth-order valence-electron chi connectivity index (χ4n) is 3.01. The van der Waals surface area contributed by atoms with Crippen LogP contribution in [0.5, 0.6) is 5.75 Å². The Bertz CT molecular complexity index is 401. The molecule has 2 aliphatic rings. The van der Waals surface area contributed by atoms with E-state index in [4.69, 9.17) is 4.74 Å². The molecule has 2 aliphatic heterocycles. The number of aliphatic hydroxyl groups excluding tert-OH is 1. The third kappa shape index (κ3) is 2.52. The van der Waals surface area contributed by atoms with Crippen molar-refractivity contribution in [3.63, 3.8) is 0 Å². The van der Waals surface area contributed by atoms with Crippen molar-refractivity contribution in [1.29, 1.82) is 0 Å². The number of fused-ring (bicyclic) bond motifs is 1. The highest BCUT2D eigenvalue weighted by Crippen LogP contribution is 2.39. The molecule has 2 heterocycles. The summed E-state index contributed by atoms with van der Waals surface area (Å²) in [6.45, 7) is 0.784. The van der Waals surface area contributed by atoms with Crippen molar-refractivity contribution in [3.05, 3.63) is 29.8 Å². The lowest BCUT2D eigenvalue weighted by Crippen LogP contribution is -2.25. The normalized spacial score (nSPS) is 28.5. The van der Waals surface area contributed by atoms with Crippen LogP contribution in [-0.2, 0) is 0 Å². The van der Waals surface area contributed by atoms with Gasteiger partial charge in [0.2, 0.25) is 0 Å². The Morgan fingerprint density at radius 2 is 2.22 bits per heavy atom. The second-order valence-corrected chi connectivity index (χ2v) is 6.57. The van der Waals surface area contributed by atoms with E-state index in [0.717, 1.165) is 25.2 Å². The van der Waals surface area contributed by atoms with Gasteiger partial charge in [-0.05, 0) is 49.0 Å². The zero-order valence-corrected chi connectivity index (χ0v) is 11.4. The van der Waals surface area contributed by atoms with Gasteiger partial charge in [-0.3, -0.25) is 0 Å². The molecule has 1 saturated heterocycles. The Labute approximate surface area is 113 Å². The molecule has 0 spiro atoms. The lowest BCUT2D eigenvalue weighted by molar-refractivity contribution is 0.139. The van der Waals surface area contributed by atoms with Gasteiger partial charge in [-0.15, -0.1) is 0 Å². The molecular weight excluding hydrogens is 244 g/mol. The van der Waals surface area contributed by atoms with Gasteiger partial charge < -0.3 is 9.84 Å². The van der Waals surface area contributed by atoms with Gasteiger partial charge in [0.05, 0.1) is 12.7 Å². The summed E-state index contributed by atoms with van der Waals surface area (Å²) < 4.78 is 5.67. The molecule has 3 unspecified atom stereocenters. The van der Waals surface area contributed by atoms with Gasteiger partial charge >= 0.3 is 0 Å². The molecule has 3 atom stereocenters. The highest BCUT2D eigenvalue weighted by molar-refractivity contribution is 8.00. The van der Waals surface area contributed by atoms with E-state index in [2.05, 4.69) is 12.1 Å². The lowest BCUT2D eigenvalue weighted by atomic mass is 9.87. The number of hydrogen-bond acceptors (Lipinski definition) is 3. The number of aliphatic hydroxyl groups is 1. The summed E-state index contributed by atoms with van der Waals surface area (Å²) in [4.78, 5) is 0. The Morgan fingerprint density at radius 3 is 3.06 bits per heavy atom. The third-order valence-electron chi connectivity index (χ3n) is 4.00. The average Bonchev–Trinajstić information content (AvgIpc) is 2.93. The predicted octanol–water partition coefficient (Wildman–Crippen LogP) is 3.20. The van der Waals surface area contributed by atoms with Crippen molar-refractivity contribution < 1.29 is 9.84 Å². The maximum absolute atomic E-state index is 10.4. The summed E-state index contributed by atoms with van der Waals surface area (Å²) in [5, 5.41) is 10.8. The van der Waals surface area contributed by atoms with Crippen LogP contribution in [0.15, 0.2) is 24.3 Å². The summed E-state index contributed by atoms with van der Waals surface area (Å²) >= 11 is 1.94. The first-order valence-corrected chi connectivity index (χ1v) is 7.91. The maximum Gasteiger partial charge on any atom is 0.122 e. The summed E-state index contributed by atoms with van der Waals surface area (Å²) in [7, 11) is 0. The highest BCUT2D eigenvalue weighted by Gasteiger charge is 2.29. The zero-order chi connectivity index (χ0) is 12.4. The molecule has 1 fully saturated rings. The average molecular weight is 264 g/mol. The van der Waals surface area contributed by atoms with E-state index in [0.29, 0.717) is 11.2 Å². The lowest BCUT2D eigenvalue weighted by Gasteiger charge is -2.29. The first-order chi connectivity index (χ1) is 8.84. The van der Waals surface area contributed by atoms with Crippen LogP contribution in [0.4, 0.5) is 0 Å². The van der Waals surface area contributed by atoms with Gasteiger partial charge in [-0.1, -0.05) is 18.2 Å². The first-order valence-electron chi connectivity index (χ1n) is 6.86. The number of benzene rings is 1. The van der Waals surface area contributed by atoms with E-state index in [9.17, 15) is 5.11 Å². The van der Waals surface area contributed by atoms with Gasteiger partial charge in [-0.25, -0.2) is 0 Å². The van der Waals surface area contributed by atoms with Gasteiger partial charge in [-0.2, -0.15) is 11.8 Å². The van der Waals surface area contributed by atoms with Crippen LogP contribution in [0.2, 0.25) is 0 Å². The number of para-hydroxylation sites is 1. The minimum absolute atomic E-state index is 0.159. The van der Waals surface area contributed by atoms with E-state index in [1.54, 1.807) is 0 Å². The molecule has 0 aliphatic carbocycles.